The molecule has 0 saturated carbocycles. The van der Waals surface area contributed by atoms with E-state index in [4.69, 9.17) is 9.84 Å². The fourth-order valence-corrected chi connectivity index (χ4v) is 0.904. The largest absolute Gasteiger partial charge is 0.481 e. The zero-order valence-electron chi connectivity index (χ0n) is 8.89. The number of carbonyl (C=O) groups excluding carboxylic acids is 1. The molecule has 0 bridgehead atoms. The van der Waals surface area contributed by atoms with Crippen molar-refractivity contribution in [2.75, 3.05) is 14.2 Å². The van der Waals surface area contributed by atoms with Crippen LogP contribution in [-0.2, 0) is 23.8 Å². The SMILES string of the molecule is COC(OC)OC(=O)CCCCC(=O)O. The second-order valence-electron chi connectivity index (χ2n) is 2.85. The van der Waals surface area contributed by atoms with Crippen LogP contribution in [0, 0.1) is 0 Å². The maximum Gasteiger partial charge on any atom is 0.317 e. The van der Waals surface area contributed by atoms with Crippen LogP contribution in [0.5, 0.6) is 0 Å². The molecule has 0 aliphatic heterocycles. The fraction of sp³-hybridized carbons (Fsp3) is 0.778. The van der Waals surface area contributed by atoms with Crippen LogP contribution < -0.4 is 0 Å². The predicted octanol–water partition coefficient (Wildman–Crippen LogP) is 0.751. The number of methoxy groups -OCH3 is 2. The first-order valence-corrected chi connectivity index (χ1v) is 4.57. The number of carbonyl (C=O) groups is 2. The average molecular weight is 220 g/mol. The Morgan fingerprint density at radius 1 is 1.13 bits per heavy atom. The Labute approximate surface area is 88.1 Å². The van der Waals surface area contributed by atoms with Crippen LogP contribution in [0.2, 0.25) is 0 Å². The van der Waals surface area contributed by atoms with Gasteiger partial charge in [0.05, 0.1) is 0 Å². The molecule has 0 amide bonds. The quantitative estimate of drug-likeness (QED) is 0.369. The third-order valence-corrected chi connectivity index (χ3v) is 1.63. The van der Waals surface area contributed by atoms with Gasteiger partial charge in [0, 0.05) is 27.1 Å². The summed E-state index contributed by atoms with van der Waals surface area (Å²) >= 11 is 0. The lowest BCUT2D eigenvalue weighted by Crippen LogP contribution is -2.21. The molecule has 0 radical (unpaired) electrons. The average Bonchev–Trinajstić information content (AvgIpc) is 2.20. The molecule has 0 spiro atoms. The lowest BCUT2D eigenvalue weighted by atomic mass is 10.2. The number of aliphatic carboxylic acids is 1. The molecule has 0 rings (SSSR count). The lowest BCUT2D eigenvalue weighted by molar-refractivity contribution is -0.255. The van der Waals surface area contributed by atoms with E-state index >= 15 is 0 Å². The molecule has 0 aromatic rings. The molecule has 0 aromatic heterocycles. The minimum absolute atomic E-state index is 0.0608. The number of esters is 1. The van der Waals surface area contributed by atoms with Gasteiger partial charge in [-0.2, -0.15) is 0 Å². The highest BCUT2D eigenvalue weighted by Gasteiger charge is 2.11. The summed E-state index contributed by atoms with van der Waals surface area (Å²) in [6, 6.07) is 0. The van der Waals surface area contributed by atoms with Crippen LogP contribution in [0.1, 0.15) is 25.7 Å². The van der Waals surface area contributed by atoms with Gasteiger partial charge < -0.3 is 19.3 Å². The molecule has 0 saturated heterocycles. The third-order valence-electron chi connectivity index (χ3n) is 1.63. The number of unbranched alkanes of at least 4 members (excludes halogenated alkanes) is 1. The van der Waals surface area contributed by atoms with Crippen molar-refractivity contribution < 1.29 is 28.9 Å². The summed E-state index contributed by atoms with van der Waals surface area (Å²) in [5.74, 6) is -1.33. The Kier molecular flexibility index (Phi) is 7.57. The van der Waals surface area contributed by atoms with Gasteiger partial charge >= 0.3 is 18.4 Å². The highest BCUT2D eigenvalue weighted by Crippen LogP contribution is 2.03. The van der Waals surface area contributed by atoms with Gasteiger partial charge in [-0.25, -0.2) is 0 Å². The monoisotopic (exact) mass is 220 g/mol. The van der Waals surface area contributed by atoms with Gasteiger partial charge in [0.25, 0.3) is 0 Å². The normalized spacial score (nSPS) is 10.3. The van der Waals surface area contributed by atoms with Gasteiger partial charge in [-0.05, 0) is 12.8 Å². The van der Waals surface area contributed by atoms with E-state index in [2.05, 4.69) is 9.47 Å². The third kappa shape index (κ3) is 7.90. The summed E-state index contributed by atoms with van der Waals surface area (Å²) in [6.45, 7) is -0.989. The topological polar surface area (TPSA) is 82.1 Å². The predicted molar refractivity (Wildman–Crippen MR) is 50.0 cm³/mol. The number of carboxylic acid groups (broad SMARTS) is 1. The maximum absolute atomic E-state index is 11.1. The summed E-state index contributed by atoms with van der Waals surface area (Å²) in [5, 5.41) is 8.34. The van der Waals surface area contributed by atoms with E-state index in [1.165, 1.54) is 14.2 Å². The number of rotatable bonds is 8. The minimum Gasteiger partial charge on any atom is -0.481 e. The summed E-state index contributed by atoms with van der Waals surface area (Å²) < 4.78 is 14.0. The maximum atomic E-state index is 11.1. The highest BCUT2D eigenvalue weighted by atomic mass is 16.8. The van der Waals surface area contributed by atoms with Crippen LogP contribution in [0.25, 0.3) is 0 Å². The molecular weight excluding hydrogens is 204 g/mol. The molecule has 0 atom stereocenters. The van der Waals surface area contributed by atoms with E-state index in [9.17, 15) is 9.59 Å². The summed E-state index contributed by atoms with van der Waals surface area (Å²) in [5.41, 5.74) is 0. The molecule has 0 unspecified atom stereocenters. The van der Waals surface area contributed by atoms with Crippen molar-refractivity contribution >= 4 is 11.9 Å². The first kappa shape index (κ1) is 13.9. The first-order chi connectivity index (χ1) is 7.10. The summed E-state index contributed by atoms with van der Waals surface area (Å²) in [4.78, 5) is 21.2. The van der Waals surface area contributed by atoms with Gasteiger partial charge in [-0.15, -0.1) is 0 Å². The lowest BCUT2D eigenvalue weighted by Gasteiger charge is -2.13. The van der Waals surface area contributed by atoms with E-state index in [-0.39, 0.29) is 12.8 Å². The van der Waals surface area contributed by atoms with E-state index in [0.29, 0.717) is 12.8 Å². The van der Waals surface area contributed by atoms with E-state index in [1.54, 1.807) is 0 Å². The first-order valence-electron chi connectivity index (χ1n) is 4.57. The van der Waals surface area contributed by atoms with Crippen molar-refractivity contribution in [3.63, 3.8) is 0 Å². The molecule has 0 aliphatic rings. The second kappa shape index (κ2) is 8.19. The van der Waals surface area contributed by atoms with E-state index < -0.39 is 18.4 Å². The number of hydrogen-bond acceptors (Lipinski definition) is 5. The second-order valence-corrected chi connectivity index (χ2v) is 2.85. The van der Waals surface area contributed by atoms with Crippen molar-refractivity contribution in [3.05, 3.63) is 0 Å². The number of carboxylic acids is 1. The van der Waals surface area contributed by atoms with E-state index in [0.717, 1.165) is 0 Å². The van der Waals surface area contributed by atoms with Crippen molar-refractivity contribution in [2.45, 2.75) is 32.2 Å². The van der Waals surface area contributed by atoms with Crippen LogP contribution >= 0.6 is 0 Å². The standard InChI is InChI=1S/C9H16O6/c1-13-9(14-2)15-8(12)6-4-3-5-7(10)11/h9H,3-6H2,1-2H3,(H,10,11). The Balaban J connectivity index is 3.52. The van der Waals surface area contributed by atoms with Crippen molar-refractivity contribution in [2.24, 2.45) is 0 Å². The Morgan fingerprint density at radius 2 is 1.67 bits per heavy atom. The molecule has 0 aliphatic carbocycles. The number of hydrogen-bond donors (Lipinski definition) is 1. The zero-order chi connectivity index (χ0) is 11.7. The van der Waals surface area contributed by atoms with Gasteiger partial charge in [0.2, 0.25) is 0 Å². The van der Waals surface area contributed by atoms with Gasteiger partial charge in [-0.3, -0.25) is 9.59 Å². The van der Waals surface area contributed by atoms with Gasteiger partial charge in [0.1, 0.15) is 0 Å². The smallest absolute Gasteiger partial charge is 0.317 e. The molecule has 1 N–H and O–H groups in total. The van der Waals surface area contributed by atoms with Crippen LogP contribution in [-0.4, -0.2) is 37.7 Å². The van der Waals surface area contributed by atoms with E-state index in [1.807, 2.05) is 0 Å². The Hall–Kier alpha value is -1.14. The molecule has 0 aromatic carbocycles. The van der Waals surface area contributed by atoms with Crippen LogP contribution in [0.15, 0.2) is 0 Å². The molecule has 0 heterocycles. The molecule has 88 valence electrons. The summed E-state index contributed by atoms with van der Waals surface area (Å²) in [6.07, 6.45) is 1.15. The van der Waals surface area contributed by atoms with Crippen molar-refractivity contribution in [3.8, 4) is 0 Å². The Bertz CT molecular complexity index is 199. The van der Waals surface area contributed by atoms with Gasteiger partial charge in [-0.1, -0.05) is 0 Å². The highest BCUT2D eigenvalue weighted by molar-refractivity contribution is 5.69. The molecule has 15 heavy (non-hydrogen) atoms. The zero-order valence-corrected chi connectivity index (χ0v) is 8.89. The van der Waals surface area contributed by atoms with Crippen LogP contribution in [0.3, 0.4) is 0 Å². The molecular formula is C9H16O6. The fourth-order valence-electron chi connectivity index (χ4n) is 0.904. The molecule has 0 fully saturated rings. The van der Waals surface area contributed by atoms with Crippen molar-refractivity contribution in [1.29, 1.82) is 0 Å². The van der Waals surface area contributed by atoms with Gasteiger partial charge in [0.15, 0.2) is 0 Å². The summed E-state index contributed by atoms with van der Waals surface area (Å²) in [7, 11) is 2.71. The Morgan fingerprint density at radius 3 is 2.13 bits per heavy atom. The molecule has 6 nitrogen and oxygen atoms in total. The van der Waals surface area contributed by atoms with Crippen molar-refractivity contribution in [1.82, 2.24) is 0 Å². The van der Waals surface area contributed by atoms with Crippen LogP contribution in [0.4, 0.5) is 0 Å². The minimum atomic E-state index is -0.989. The number of ether oxygens (including phenoxy) is 3. The molecule has 6 heteroatoms.